The first kappa shape index (κ1) is 20.3. The van der Waals surface area contributed by atoms with Crippen LogP contribution in [0, 0.1) is 6.92 Å². The minimum Gasteiger partial charge on any atom is -0.307 e. The van der Waals surface area contributed by atoms with Gasteiger partial charge in [0.05, 0.1) is 5.69 Å². The second-order valence-electron chi connectivity index (χ2n) is 7.52. The third kappa shape index (κ3) is 4.78. The van der Waals surface area contributed by atoms with Crippen LogP contribution in [0.3, 0.4) is 0 Å². The number of carbonyl (C=O) groups is 2. The minimum absolute atomic E-state index is 0.0901. The quantitative estimate of drug-likeness (QED) is 0.452. The summed E-state index contributed by atoms with van der Waals surface area (Å²) < 4.78 is 1.65. The monoisotopic (exact) mass is 409 g/mol. The number of anilines is 1. The van der Waals surface area contributed by atoms with Gasteiger partial charge in [0.15, 0.2) is 5.78 Å². The van der Waals surface area contributed by atoms with Gasteiger partial charge in [0, 0.05) is 36.2 Å². The predicted octanol–water partition coefficient (Wildman–Crippen LogP) is 5.07. The third-order valence-corrected chi connectivity index (χ3v) is 5.11. The van der Waals surface area contributed by atoms with Crippen molar-refractivity contribution in [2.24, 2.45) is 7.05 Å². The number of nitrogens with zero attached hydrogens (tertiary/aromatic N) is 2. The van der Waals surface area contributed by atoms with E-state index in [9.17, 15) is 9.59 Å². The summed E-state index contributed by atoms with van der Waals surface area (Å²) in [5.41, 5.74) is 4.97. The maximum Gasteiger partial charge on any atom is 0.256 e. The Kier molecular flexibility index (Phi) is 5.76. The zero-order valence-corrected chi connectivity index (χ0v) is 17.5. The van der Waals surface area contributed by atoms with Crippen molar-refractivity contribution >= 4 is 17.5 Å². The third-order valence-electron chi connectivity index (χ3n) is 5.11. The topological polar surface area (TPSA) is 64.0 Å². The fourth-order valence-corrected chi connectivity index (χ4v) is 3.40. The number of amides is 1. The largest absolute Gasteiger partial charge is 0.307 e. The molecule has 154 valence electrons. The summed E-state index contributed by atoms with van der Waals surface area (Å²) >= 11 is 0. The second-order valence-corrected chi connectivity index (χ2v) is 7.52. The molecule has 0 saturated heterocycles. The zero-order valence-electron chi connectivity index (χ0n) is 17.5. The molecule has 0 bridgehead atoms. The molecule has 0 atom stereocenters. The van der Waals surface area contributed by atoms with Crippen LogP contribution in [0.2, 0.25) is 0 Å². The molecule has 3 aromatic carbocycles. The van der Waals surface area contributed by atoms with Crippen LogP contribution in [0.15, 0.2) is 84.9 Å². The van der Waals surface area contributed by atoms with Crippen molar-refractivity contribution in [2.75, 3.05) is 5.32 Å². The van der Waals surface area contributed by atoms with E-state index in [0.29, 0.717) is 23.4 Å². The SMILES string of the molecule is Cc1cccc(C(=O)Nc2cc(-c3ccc(CC(=O)c4ccccc4)cc3)nn2C)c1. The summed E-state index contributed by atoms with van der Waals surface area (Å²) in [6.07, 6.45) is 0.351. The number of aryl methyl sites for hydroxylation is 2. The van der Waals surface area contributed by atoms with Crippen molar-refractivity contribution in [1.29, 1.82) is 0 Å². The smallest absolute Gasteiger partial charge is 0.256 e. The molecule has 31 heavy (non-hydrogen) atoms. The Balaban J connectivity index is 1.46. The summed E-state index contributed by atoms with van der Waals surface area (Å²) in [7, 11) is 1.79. The van der Waals surface area contributed by atoms with Gasteiger partial charge in [-0.05, 0) is 24.6 Å². The molecular formula is C26H23N3O2. The molecule has 0 aliphatic carbocycles. The van der Waals surface area contributed by atoms with E-state index < -0.39 is 0 Å². The van der Waals surface area contributed by atoms with Crippen molar-refractivity contribution in [3.05, 3.63) is 107 Å². The number of aromatic nitrogens is 2. The number of rotatable bonds is 6. The number of nitrogens with one attached hydrogen (secondary N) is 1. The molecule has 5 heteroatoms. The lowest BCUT2D eigenvalue weighted by atomic mass is 10.0. The average molecular weight is 409 g/mol. The van der Waals surface area contributed by atoms with Crippen LogP contribution in [0.25, 0.3) is 11.3 Å². The van der Waals surface area contributed by atoms with E-state index in [1.165, 1.54) is 0 Å². The first-order valence-electron chi connectivity index (χ1n) is 10.1. The van der Waals surface area contributed by atoms with Crippen molar-refractivity contribution in [2.45, 2.75) is 13.3 Å². The zero-order chi connectivity index (χ0) is 21.8. The fraction of sp³-hybridized carbons (Fsp3) is 0.115. The van der Waals surface area contributed by atoms with Crippen LogP contribution in [-0.2, 0) is 13.5 Å². The number of carbonyl (C=O) groups excluding carboxylic acids is 2. The van der Waals surface area contributed by atoms with E-state index in [1.807, 2.05) is 85.8 Å². The van der Waals surface area contributed by atoms with Crippen LogP contribution in [0.5, 0.6) is 0 Å². The van der Waals surface area contributed by atoms with E-state index in [4.69, 9.17) is 0 Å². The fourth-order valence-electron chi connectivity index (χ4n) is 3.40. The first-order chi connectivity index (χ1) is 15.0. The van der Waals surface area contributed by atoms with Crippen molar-refractivity contribution in [3.8, 4) is 11.3 Å². The van der Waals surface area contributed by atoms with E-state index in [1.54, 1.807) is 17.8 Å². The molecule has 0 spiro atoms. The van der Waals surface area contributed by atoms with Gasteiger partial charge < -0.3 is 5.32 Å². The maximum absolute atomic E-state index is 12.5. The Morgan fingerprint density at radius 3 is 2.29 bits per heavy atom. The summed E-state index contributed by atoms with van der Waals surface area (Å²) in [6, 6.07) is 26.4. The van der Waals surface area contributed by atoms with E-state index in [2.05, 4.69) is 10.4 Å². The molecule has 1 N–H and O–H groups in total. The standard InChI is InChI=1S/C26H23N3O2/c1-18-7-6-10-22(15-18)26(31)27-25-17-23(28-29(25)2)20-13-11-19(12-14-20)16-24(30)21-8-4-3-5-9-21/h3-15,17H,16H2,1-2H3,(H,27,31). The summed E-state index contributed by atoms with van der Waals surface area (Å²) in [6.45, 7) is 1.95. The number of benzene rings is 3. The highest BCUT2D eigenvalue weighted by molar-refractivity contribution is 6.04. The van der Waals surface area contributed by atoms with Gasteiger partial charge in [-0.3, -0.25) is 14.3 Å². The lowest BCUT2D eigenvalue weighted by Crippen LogP contribution is -2.14. The van der Waals surface area contributed by atoms with Crippen LogP contribution in [-0.4, -0.2) is 21.5 Å². The highest BCUT2D eigenvalue weighted by atomic mass is 16.1. The Morgan fingerprint density at radius 1 is 0.871 bits per heavy atom. The minimum atomic E-state index is -0.173. The first-order valence-corrected chi connectivity index (χ1v) is 10.1. The molecule has 5 nitrogen and oxygen atoms in total. The van der Waals surface area contributed by atoms with Crippen LogP contribution < -0.4 is 5.32 Å². The van der Waals surface area contributed by atoms with Gasteiger partial charge in [0.25, 0.3) is 5.91 Å². The molecule has 0 aliphatic heterocycles. The van der Waals surface area contributed by atoms with Gasteiger partial charge in [0.2, 0.25) is 0 Å². The molecule has 0 unspecified atom stereocenters. The molecular weight excluding hydrogens is 386 g/mol. The predicted molar refractivity (Wildman–Crippen MR) is 122 cm³/mol. The number of ketones is 1. The lowest BCUT2D eigenvalue weighted by Gasteiger charge is -2.05. The maximum atomic E-state index is 12.5. The molecule has 4 aromatic rings. The summed E-state index contributed by atoms with van der Waals surface area (Å²) in [5, 5.41) is 7.43. The summed E-state index contributed by atoms with van der Waals surface area (Å²) in [5.74, 6) is 0.533. The van der Waals surface area contributed by atoms with Crippen molar-refractivity contribution in [1.82, 2.24) is 9.78 Å². The Morgan fingerprint density at radius 2 is 1.58 bits per heavy atom. The molecule has 4 rings (SSSR count). The van der Waals surface area contributed by atoms with Gasteiger partial charge in [-0.15, -0.1) is 0 Å². The van der Waals surface area contributed by atoms with E-state index in [-0.39, 0.29) is 11.7 Å². The molecule has 1 heterocycles. The lowest BCUT2D eigenvalue weighted by molar-refractivity contribution is 0.0991. The molecule has 0 aliphatic rings. The summed E-state index contributed by atoms with van der Waals surface area (Å²) in [4.78, 5) is 24.9. The second kappa shape index (κ2) is 8.79. The van der Waals surface area contributed by atoms with Crippen molar-refractivity contribution in [3.63, 3.8) is 0 Å². The van der Waals surface area contributed by atoms with Gasteiger partial charge in [-0.25, -0.2) is 0 Å². The van der Waals surface area contributed by atoms with Crippen LogP contribution in [0.1, 0.15) is 31.8 Å². The highest BCUT2D eigenvalue weighted by Gasteiger charge is 2.13. The average Bonchev–Trinajstić information content (AvgIpc) is 3.15. The number of Topliss-reactive ketones (excluding diaryl/α,β-unsaturated/α-hetero) is 1. The highest BCUT2D eigenvalue weighted by Crippen LogP contribution is 2.23. The molecule has 0 fully saturated rings. The van der Waals surface area contributed by atoms with Gasteiger partial charge in [0.1, 0.15) is 5.82 Å². The Labute approximate surface area is 181 Å². The number of hydrogen-bond donors (Lipinski definition) is 1. The number of hydrogen-bond acceptors (Lipinski definition) is 3. The van der Waals surface area contributed by atoms with E-state index in [0.717, 1.165) is 22.4 Å². The molecule has 1 aromatic heterocycles. The van der Waals surface area contributed by atoms with Crippen molar-refractivity contribution < 1.29 is 9.59 Å². The van der Waals surface area contributed by atoms with Crippen LogP contribution in [0.4, 0.5) is 5.82 Å². The molecule has 0 saturated carbocycles. The molecule has 0 radical (unpaired) electrons. The van der Waals surface area contributed by atoms with Crippen LogP contribution >= 0.6 is 0 Å². The molecule has 1 amide bonds. The van der Waals surface area contributed by atoms with E-state index >= 15 is 0 Å². The Bertz CT molecular complexity index is 1230. The van der Waals surface area contributed by atoms with Gasteiger partial charge >= 0.3 is 0 Å². The normalized spacial score (nSPS) is 10.6. The van der Waals surface area contributed by atoms with Gasteiger partial charge in [-0.1, -0.05) is 72.3 Å². The van der Waals surface area contributed by atoms with Gasteiger partial charge in [-0.2, -0.15) is 5.10 Å². The Hall–Kier alpha value is -3.99.